The van der Waals surface area contributed by atoms with Crippen LogP contribution >= 0.6 is 0 Å². The molecular weight excluding hydrogens is 211 g/mol. The summed E-state index contributed by atoms with van der Waals surface area (Å²) in [5, 5.41) is 19.5. The number of benzene rings is 1. The quantitative estimate of drug-likeness (QED) is 0.827. The van der Waals surface area contributed by atoms with Crippen LogP contribution in [0, 0.1) is 11.7 Å². The molecule has 0 aromatic heterocycles. The average molecular weight is 228 g/mol. The summed E-state index contributed by atoms with van der Waals surface area (Å²) >= 11 is 0. The standard InChI is InChI=1S/C12H17FO3/c1-7(2)11(14)12(15)8-4-5-10(16-3)9(13)6-8/h4-7,11-12,14-15H,1-3H3. The van der Waals surface area contributed by atoms with Crippen molar-refractivity contribution in [2.45, 2.75) is 26.1 Å². The van der Waals surface area contributed by atoms with Crippen LogP contribution in [0.4, 0.5) is 4.39 Å². The summed E-state index contributed by atoms with van der Waals surface area (Å²) in [6.45, 7) is 3.57. The maximum absolute atomic E-state index is 13.4. The first-order chi connectivity index (χ1) is 7.47. The molecule has 0 amide bonds. The molecule has 0 saturated heterocycles. The predicted molar refractivity (Wildman–Crippen MR) is 58.8 cm³/mol. The van der Waals surface area contributed by atoms with Crippen LogP contribution in [-0.4, -0.2) is 23.4 Å². The minimum Gasteiger partial charge on any atom is -0.494 e. The van der Waals surface area contributed by atoms with Crippen molar-refractivity contribution < 1.29 is 19.3 Å². The lowest BCUT2D eigenvalue weighted by Crippen LogP contribution is -2.24. The Morgan fingerprint density at radius 3 is 2.31 bits per heavy atom. The van der Waals surface area contributed by atoms with Gasteiger partial charge < -0.3 is 14.9 Å². The van der Waals surface area contributed by atoms with Gasteiger partial charge in [0.1, 0.15) is 6.10 Å². The van der Waals surface area contributed by atoms with Crippen molar-refractivity contribution >= 4 is 0 Å². The van der Waals surface area contributed by atoms with Gasteiger partial charge in [-0.3, -0.25) is 0 Å². The molecule has 0 heterocycles. The number of aliphatic hydroxyl groups is 2. The van der Waals surface area contributed by atoms with Gasteiger partial charge in [0.25, 0.3) is 0 Å². The maximum Gasteiger partial charge on any atom is 0.165 e. The van der Waals surface area contributed by atoms with Gasteiger partial charge in [-0.25, -0.2) is 4.39 Å². The molecule has 16 heavy (non-hydrogen) atoms. The van der Waals surface area contributed by atoms with Crippen molar-refractivity contribution in [1.29, 1.82) is 0 Å². The van der Waals surface area contributed by atoms with Crippen molar-refractivity contribution in [1.82, 2.24) is 0 Å². The minimum atomic E-state index is -1.08. The summed E-state index contributed by atoms with van der Waals surface area (Å²) in [6, 6.07) is 4.15. The molecule has 3 nitrogen and oxygen atoms in total. The molecule has 0 spiro atoms. The maximum atomic E-state index is 13.4. The fraction of sp³-hybridized carbons (Fsp3) is 0.500. The first kappa shape index (κ1) is 12.9. The summed E-state index contributed by atoms with van der Waals surface area (Å²) in [7, 11) is 1.37. The van der Waals surface area contributed by atoms with E-state index in [2.05, 4.69) is 0 Å². The van der Waals surface area contributed by atoms with Gasteiger partial charge in [-0.2, -0.15) is 0 Å². The molecule has 0 radical (unpaired) electrons. The molecule has 0 fully saturated rings. The SMILES string of the molecule is COc1ccc(C(O)C(O)C(C)C)cc1F. The molecule has 4 heteroatoms. The number of ether oxygens (including phenoxy) is 1. The van der Waals surface area contributed by atoms with Crippen molar-refractivity contribution in [3.05, 3.63) is 29.6 Å². The van der Waals surface area contributed by atoms with Crippen molar-refractivity contribution in [3.63, 3.8) is 0 Å². The van der Waals surface area contributed by atoms with Crippen molar-refractivity contribution in [3.8, 4) is 5.75 Å². The van der Waals surface area contributed by atoms with Gasteiger partial charge in [-0.1, -0.05) is 19.9 Å². The summed E-state index contributed by atoms with van der Waals surface area (Å²) < 4.78 is 18.1. The van der Waals surface area contributed by atoms with Crippen molar-refractivity contribution in [2.75, 3.05) is 7.11 Å². The van der Waals surface area contributed by atoms with E-state index in [0.717, 1.165) is 0 Å². The van der Waals surface area contributed by atoms with Crippen LogP contribution < -0.4 is 4.74 Å². The second-order valence-electron chi connectivity index (χ2n) is 4.07. The van der Waals surface area contributed by atoms with E-state index in [-0.39, 0.29) is 11.7 Å². The Labute approximate surface area is 94.5 Å². The smallest absolute Gasteiger partial charge is 0.165 e. The summed E-state index contributed by atoms with van der Waals surface area (Å²) in [4.78, 5) is 0. The molecule has 0 aliphatic heterocycles. The zero-order valence-corrected chi connectivity index (χ0v) is 9.64. The summed E-state index contributed by atoms with van der Waals surface area (Å²) in [5.41, 5.74) is 0.347. The van der Waals surface area contributed by atoms with E-state index in [9.17, 15) is 14.6 Å². The van der Waals surface area contributed by atoms with Gasteiger partial charge in [0.15, 0.2) is 11.6 Å². The second kappa shape index (κ2) is 5.27. The van der Waals surface area contributed by atoms with E-state index >= 15 is 0 Å². The van der Waals surface area contributed by atoms with Crippen LogP contribution in [0.1, 0.15) is 25.5 Å². The number of aliphatic hydroxyl groups excluding tert-OH is 2. The molecular formula is C12H17FO3. The second-order valence-corrected chi connectivity index (χ2v) is 4.07. The van der Waals surface area contributed by atoms with Gasteiger partial charge in [0.2, 0.25) is 0 Å². The Bertz CT molecular complexity index is 352. The van der Waals surface area contributed by atoms with Crippen LogP contribution in [-0.2, 0) is 0 Å². The Morgan fingerprint density at radius 1 is 1.25 bits per heavy atom. The molecule has 0 aliphatic rings. The molecule has 1 rings (SSSR count). The highest BCUT2D eigenvalue weighted by molar-refractivity contribution is 5.30. The highest BCUT2D eigenvalue weighted by Crippen LogP contribution is 2.25. The zero-order chi connectivity index (χ0) is 12.3. The molecule has 1 aromatic carbocycles. The Morgan fingerprint density at radius 2 is 1.88 bits per heavy atom. The molecule has 90 valence electrons. The highest BCUT2D eigenvalue weighted by atomic mass is 19.1. The van der Waals surface area contributed by atoms with E-state index < -0.39 is 18.0 Å². The third-order valence-corrected chi connectivity index (χ3v) is 2.52. The highest BCUT2D eigenvalue weighted by Gasteiger charge is 2.22. The van der Waals surface area contributed by atoms with E-state index in [0.29, 0.717) is 5.56 Å². The van der Waals surface area contributed by atoms with Crippen LogP contribution in [0.3, 0.4) is 0 Å². The third kappa shape index (κ3) is 2.71. The third-order valence-electron chi connectivity index (χ3n) is 2.52. The Kier molecular flexibility index (Phi) is 4.26. The van der Waals surface area contributed by atoms with E-state index in [1.807, 2.05) is 0 Å². The first-order valence-electron chi connectivity index (χ1n) is 5.17. The lowest BCUT2D eigenvalue weighted by Gasteiger charge is -2.21. The first-order valence-corrected chi connectivity index (χ1v) is 5.17. The zero-order valence-electron chi connectivity index (χ0n) is 9.64. The number of rotatable bonds is 4. The fourth-order valence-corrected chi connectivity index (χ4v) is 1.43. The summed E-state index contributed by atoms with van der Waals surface area (Å²) in [5.74, 6) is -0.523. The fourth-order valence-electron chi connectivity index (χ4n) is 1.43. The number of methoxy groups -OCH3 is 1. The Balaban J connectivity index is 2.92. The van der Waals surface area contributed by atoms with Gasteiger partial charge in [-0.05, 0) is 23.6 Å². The van der Waals surface area contributed by atoms with Crippen LogP contribution in [0.5, 0.6) is 5.75 Å². The topological polar surface area (TPSA) is 49.7 Å². The van der Waals surface area contributed by atoms with Gasteiger partial charge in [0, 0.05) is 0 Å². The summed E-state index contributed by atoms with van der Waals surface area (Å²) in [6.07, 6.45) is -1.99. The van der Waals surface area contributed by atoms with E-state index in [1.165, 1.54) is 25.3 Å². The molecule has 0 bridgehead atoms. The van der Waals surface area contributed by atoms with Gasteiger partial charge >= 0.3 is 0 Å². The molecule has 0 saturated carbocycles. The normalized spacial score (nSPS) is 14.9. The van der Waals surface area contributed by atoms with Gasteiger partial charge in [0.05, 0.1) is 13.2 Å². The predicted octanol–water partition coefficient (Wildman–Crippen LogP) is 1.88. The van der Waals surface area contributed by atoms with E-state index in [4.69, 9.17) is 4.74 Å². The lowest BCUT2D eigenvalue weighted by atomic mass is 9.96. The van der Waals surface area contributed by atoms with Gasteiger partial charge in [-0.15, -0.1) is 0 Å². The molecule has 2 unspecified atom stereocenters. The average Bonchev–Trinajstić information content (AvgIpc) is 2.26. The lowest BCUT2D eigenvalue weighted by molar-refractivity contribution is -0.00956. The molecule has 1 aromatic rings. The monoisotopic (exact) mass is 228 g/mol. The largest absolute Gasteiger partial charge is 0.494 e. The molecule has 0 aliphatic carbocycles. The molecule has 2 N–H and O–H groups in total. The van der Waals surface area contributed by atoms with E-state index in [1.54, 1.807) is 13.8 Å². The number of halogens is 1. The number of hydrogen-bond donors (Lipinski definition) is 2. The van der Waals surface area contributed by atoms with Crippen LogP contribution in [0.2, 0.25) is 0 Å². The number of hydrogen-bond acceptors (Lipinski definition) is 3. The Hall–Kier alpha value is -1.13. The van der Waals surface area contributed by atoms with Crippen LogP contribution in [0.25, 0.3) is 0 Å². The van der Waals surface area contributed by atoms with Crippen molar-refractivity contribution in [2.24, 2.45) is 5.92 Å². The molecule has 2 atom stereocenters. The minimum absolute atomic E-state index is 0.0971. The van der Waals surface area contributed by atoms with Crippen LogP contribution in [0.15, 0.2) is 18.2 Å².